The van der Waals surface area contributed by atoms with Gasteiger partial charge in [-0.25, -0.2) is 14.6 Å². The first-order chi connectivity index (χ1) is 12.8. The van der Waals surface area contributed by atoms with Gasteiger partial charge in [-0.2, -0.15) is 0 Å². The second-order valence-corrected chi connectivity index (χ2v) is 7.00. The van der Waals surface area contributed by atoms with Crippen LogP contribution in [0.25, 0.3) is 22.2 Å². The molecular formula is C17H21N9O. The van der Waals surface area contributed by atoms with Crippen LogP contribution in [-0.4, -0.2) is 34.5 Å². The molecule has 27 heavy (non-hydrogen) atoms. The van der Waals surface area contributed by atoms with E-state index < -0.39 is 0 Å². The lowest BCUT2D eigenvalue weighted by molar-refractivity contribution is 0.523. The summed E-state index contributed by atoms with van der Waals surface area (Å²) in [5.74, 6) is 0.303. The van der Waals surface area contributed by atoms with Crippen molar-refractivity contribution in [3.05, 3.63) is 34.5 Å². The Morgan fingerprint density at radius 1 is 1.19 bits per heavy atom. The molecule has 0 saturated carbocycles. The Kier molecular flexibility index (Phi) is 3.83. The maximum atomic E-state index is 12.0. The molecule has 4 heterocycles. The van der Waals surface area contributed by atoms with Crippen LogP contribution in [0.1, 0.15) is 38.5 Å². The van der Waals surface area contributed by atoms with Crippen LogP contribution in [0.4, 0.5) is 11.5 Å². The van der Waals surface area contributed by atoms with Gasteiger partial charge in [0.1, 0.15) is 5.82 Å². The van der Waals surface area contributed by atoms with E-state index in [1.165, 1.54) is 0 Å². The second kappa shape index (κ2) is 6.08. The molecule has 1 unspecified atom stereocenters. The van der Waals surface area contributed by atoms with Crippen molar-refractivity contribution in [3.63, 3.8) is 0 Å². The number of aromatic amines is 1. The maximum Gasteiger partial charge on any atom is 0.277 e. The Labute approximate surface area is 154 Å². The number of nitrogens with two attached hydrogens (primary N) is 2. The Balaban J connectivity index is 1.74. The van der Waals surface area contributed by atoms with Crippen LogP contribution in [0.2, 0.25) is 0 Å². The van der Waals surface area contributed by atoms with Gasteiger partial charge < -0.3 is 21.0 Å². The maximum absolute atomic E-state index is 12.0. The predicted molar refractivity (Wildman–Crippen MR) is 103 cm³/mol. The molecule has 140 valence electrons. The first-order valence-electron chi connectivity index (χ1n) is 8.70. The van der Waals surface area contributed by atoms with Crippen LogP contribution in [0, 0.1) is 0 Å². The molecule has 4 aromatic rings. The van der Waals surface area contributed by atoms with Gasteiger partial charge in [0, 0.05) is 24.2 Å². The fourth-order valence-electron chi connectivity index (χ4n) is 3.26. The number of nitrogen functional groups attached to an aromatic ring is 2. The molecule has 0 aromatic carbocycles. The third-order valence-electron chi connectivity index (χ3n) is 4.58. The highest BCUT2D eigenvalue weighted by atomic mass is 16.1. The zero-order valence-electron chi connectivity index (χ0n) is 15.3. The Bertz CT molecular complexity index is 1200. The largest absolute Gasteiger partial charge is 0.397 e. The molecule has 10 nitrogen and oxygen atoms in total. The average molecular weight is 367 g/mol. The van der Waals surface area contributed by atoms with E-state index in [4.69, 9.17) is 16.5 Å². The summed E-state index contributed by atoms with van der Waals surface area (Å²) in [7, 11) is 0. The van der Waals surface area contributed by atoms with Gasteiger partial charge in [-0.15, -0.1) is 5.10 Å². The van der Waals surface area contributed by atoms with E-state index in [1.807, 2.05) is 31.4 Å². The molecule has 4 rings (SSSR count). The molecule has 0 amide bonds. The summed E-state index contributed by atoms with van der Waals surface area (Å²) in [5.41, 5.74) is 15.3. The topological polar surface area (TPSA) is 146 Å². The molecule has 5 N–H and O–H groups in total. The fourth-order valence-corrected chi connectivity index (χ4v) is 3.26. The lowest BCUT2D eigenvalue weighted by atomic mass is 10.1. The van der Waals surface area contributed by atoms with Crippen LogP contribution in [0.5, 0.6) is 0 Å². The van der Waals surface area contributed by atoms with E-state index in [-0.39, 0.29) is 17.6 Å². The van der Waals surface area contributed by atoms with Crippen molar-refractivity contribution in [3.8, 4) is 0 Å². The minimum atomic E-state index is -0.299. The van der Waals surface area contributed by atoms with E-state index in [2.05, 4.69) is 20.3 Å². The van der Waals surface area contributed by atoms with Crippen LogP contribution in [-0.2, 0) is 6.42 Å². The summed E-state index contributed by atoms with van der Waals surface area (Å²) < 4.78 is 3.67. The number of H-pyrrole nitrogens is 1. The van der Waals surface area contributed by atoms with Crippen LogP contribution >= 0.6 is 0 Å². The van der Waals surface area contributed by atoms with Crippen LogP contribution < -0.4 is 17.0 Å². The molecule has 0 fully saturated rings. The van der Waals surface area contributed by atoms with E-state index >= 15 is 0 Å². The molecule has 4 aromatic heterocycles. The number of aromatic nitrogens is 7. The highest BCUT2D eigenvalue weighted by Gasteiger charge is 2.17. The zero-order valence-corrected chi connectivity index (χ0v) is 15.3. The van der Waals surface area contributed by atoms with Crippen molar-refractivity contribution in [1.82, 2.24) is 34.5 Å². The Hall–Kier alpha value is -3.43. The van der Waals surface area contributed by atoms with Gasteiger partial charge in [-0.1, -0.05) is 5.21 Å². The van der Waals surface area contributed by atoms with Crippen LogP contribution in [0.3, 0.4) is 0 Å². The summed E-state index contributed by atoms with van der Waals surface area (Å²) in [4.78, 5) is 23.5. The summed E-state index contributed by atoms with van der Waals surface area (Å²) >= 11 is 0. The van der Waals surface area contributed by atoms with Gasteiger partial charge >= 0.3 is 0 Å². The van der Waals surface area contributed by atoms with Gasteiger partial charge in [0.2, 0.25) is 0 Å². The van der Waals surface area contributed by atoms with E-state index in [0.717, 1.165) is 5.69 Å². The van der Waals surface area contributed by atoms with Crippen molar-refractivity contribution in [2.75, 3.05) is 11.5 Å². The van der Waals surface area contributed by atoms with Crippen molar-refractivity contribution in [1.29, 1.82) is 0 Å². The highest BCUT2D eigenvalue weighted by molar-refractivity contribution is 5.83. The summed E-state index contributed by atoms with van der Waals surface area (Å²) in [6.07, 6.45) is 2.24. The average Bonchev–Trinajstić information content (AvgIpc) is 3.19. The Morgan fingerprint density at radius 3 is 2.70 bits per heavy atom. The number of imidazole rings is 1. The van der Waals surface area contributed by atoms with Gasteiger partial charge in [0.15, 0.2) is 16.7 Å². The lowest BCUT2D eigenvalue weighted by Gasteiger charge is -2.15. The molecule has 0 aliphatic carbocycles. The van der Waals surface area contributed by atoms with E-state index in [0.29, 0.717) is 40.1 Å². The zero-order chi connectivity index (χ0) is 19.3. The number of hydrogen-bond donors (Lipinski definition) is 3. The fraction of sp³-hybridized carbons (Fsp3) is 0.353. The number of rotatable bonds is 4. The first kappa shape index (κ1) is 17.0. The molecule has 0 saturated heterocycles. The molecule has 1 atom stereocenters. The van der Waals surface area contributed by atoms with Gasteiger partial charge in [0.25, 0.3) is 5.56 Å². The van der Waals surface area contributed by atoms with Crippen molar-refractivity contribution in [2.24, 2.45) is 0 Å². The molecule has 0 aliphatic heterocycles. The van der Waals surface area contributed by atoms with Gasteiger partial charge in [0.05, 0.1) is 23.6 Å². The molecule has 0 radical (unpaired) electrons. The third kappa shape index (κ3) is 2.78. The molecule has 0 bridgehead atoms. The van der Waals surface area contributed by atoms with Crippen LogP contribution in [0.15, 0.2) is 23.3 Å². The molecule has 0 spiro atoms. The van der Waals surface area contributed by atoms with Crippen molar-refractivity contribution >= 4 is 33.7 Å². The summed E-state index contributed by atoms with van der Waals surface area (Å²) in [6, 6.07) is 3.65. The Morgan fingerprint density at radius 2 is 1.96 bits per heavy atom. The van der Waals surface area contributed by atoms with Crippen molar-refractivity contribution < 1.29 is 0 Å². The lowest BCUT2D eigenvalue weighted by Crippen LogP contribution is -2.12. The standard InChI is InChI=1S/C17H21N9O/c1-8(2)26-16-14(23-24-26)11(18)5-10(21-16)4-9(3)25-7-20-15-12(25)6-13(19)22-17(15)27/h5-9H,4H2,1-3H3,(H2,18,21)(H3,19,22,27). The van der Waals surface area contributed by atoms with Gasteiger partial charge in [-0.3, -0.25) is 4.79 Å². The second-order valence-electron chi connectivity index (χ2n) is 7.00. The number of anilines is 2. The first-order valence-corrected chi connectivity index (χ1v) is 8.70. The summed E-state index contributed by atoms with van der Waals surface area (Å²) in [5, 5.41) is 8.27. The number of pyridine rings is 2. The highest BCUT2D eigenvalue weighted by Crippen LogP contribution is 2.24. The number of hydrogen-bond acceptors (Lipinski definition) is 7. The van der Waals surface area contributed by atoms with E-state index in [1.54, 1.807) is 17.1 Å². The molecule has 0 aliphatic rings. The van der Waals surface area contributed by atoms with E-state index in [9.17, 15) is 4.79 Å². The smallest absolute Gasteiger partial charge is 0.277 e. The minimum absolute atomic E-state index is 0.0102. The number of fused-ring (bicyclic) bond motifs is 2. The van der Waals surface area contributed by atoms with Crippen molar-refractivity contribution in [2.45, 2.75) is 39.3 Å². The SMILES string of the molecule is CC(Cc1cc(N)c2nnn(C(C)C)c2n1)n1cnc2c(=O)[nH]c(N)cc21. The number of nitrogens with one attached hydrogen (secondary N) is 1. The molecule has 10 heteroatoms. The third-order valence-corrected chi connectivity index (χ3v) is 4.58. The normalized spacial score (nSPS) is 13.0. The summed E-state index contributed by atoms with van der Waals surface area (Å²) in [6.45, 7) is 6.06. The monoisotopic (exact) mass is 367 g/mol. The quantitative estimate of drug-likeness (QED) is 0.494. The minimum Gasteiger partial charge on any atom is -0.397 e. The molecular weight excluding hydrogens is 346 g/mol. The predicted octanol–water partition coefficient (Wildman–Crippen LogP) is 1.41. The van der Waals surface area contributed by atoms with Gasteiger partial charge in [-0.05, 0) is 26.8 Å². The number of nitrogens with zero attached hydrogens (tertiary/aromatic N) is 6.